The Morgan fingerprint density at radius 2 is 1.96 bits per heavy atom. The van der Waals surface area contributed by atoms with Crippen molar-refractivity contribution in [2.24, 2.45) is 0 Å². The van der Waals surface area contributed by atoms with Gasteiger partial charge < -0.3 is 14.8 Å². The second-order valence-electron chi connectivity index (χ2n) is 6.55. The summed E-state index contributed by atoms with van der Waals surface area (Å²) in [6, 6.07) is 7.09. The van der Waals surface area contributed by atoms with Crippen LogP contribution in [-0.2, 0) is 10.2 Å². The van der Waals surface area contributed by atoms with Crippen molar-refractivity contribution in [3.8, 4) is 11.5 Å². The summed E-state index contributed by atoms with van der Waals surface area (Å²) in [6.45, 7) is 8.22. The number of nitrogens with zero attached hydrogens (tertiary/aromatic N) is 1. The van der Waals surface area contributed by atoms with Crippen molar-refractivity contribution in [2.45, 2.75) is 39.2 Å². The van der Waals surface area contributed by atoms with Gasteiger partial charge in [-0.25, -0.2) is 4.98 Å². The van der Waals surface area contributed by atoms with Crippen LogP contribution in [0.1, 0.15) is 44.4 Å². The van der Waals surface area contributed by atoms with Crippen LogP contribution >= 0.6 is 11.3 Å². The van der Waals surface area contributed by atoms with Gasteiger partial charge in [0, 0.05) is 10.8 Å². The van der Waals surface area contributed by atoms with Crippen molar-refractivity contribution in [3.05, 3.63) is 40.3 Å². The van der Waals surface area contributed by atoms with Crippen LogP contribution in [0.2, 0.25) is 0 Å². The summed E-state index contributed by atoms with van der Waals surface area (Å²) in [7, 11) is 1.57. The molecule has 1 amide bonds. The van der Waals surface area contributed by atoms with Crippen molar-refractivity contribution < 1.29 is 14.3 Å². The predicted octanol–water partition coefficient (Wildman–Crippen LogP) is 3.71. The molecule has 130 valence electrons. The monoisotopic (exact) mass is 348 g/mol. The van der Waals surface area contributed by atoms with Gasteiger partial charge in [-0.1, -0.05) is 32.9 Å². The van der Waals surface area contributed by atoms with Crippen LogP contribution in [0.3, 0.4) is 0 Å². The molecule has 0 fully saturated rings. The van der Waals surface area contributed by atoms with Gasteiger partial charge in [-0.05, 0) is 19.1 Å². The third-order valence-corrected chi connectivity index (χ3v) is 4.49. The van der Waals surface area contributed by atoms with Gasteiger partial charge in [-0.2, -0.15) is 0 Å². The molecular formula is C18H24N2O3S. The number of methoxy groups -OCH3 is 1. The molecule has 0 saturated carbocycles. The summed E-state index contributed by atoms with van der Waals surface area (Å²) >= 11 is 1.56. The molecule has 0 bridgehead atoms. The molecule has 0 unspecified atom stereocenters. The molecule has 1 aromatic carbocycles. The first kappa shape index (κ1) is 18.3. The number of amides is 1. The number of hydrogen-bond acceptors (Lipinski definition) is 5. The molecule has 0 aliphatic rings. The van der Waals surface area contributed by atoms with Crippen molar-refractivity contribution >= 4 is 17.2 Å². The molecule has 1 atom stereocenters. The minimum atomic E-state index is -0.194. The number of para-hydroxylation sites is 2. The van der Waals surface area contributed by atoms with Crippen LogP contribution in [0.15, 0.2) is 29.6 Å². The molecule has 0 aliphatic carbocycles. The average molecular weight is 348 g/mol. The molecule has 0 aliphatic heterocycles. The molecule has 1 aromatic heterocycles. The highest BCUT2D eigenvalue weighted by molar-refractivity contribution is 7.09. The van der Waals surface area contributed by atoms with E-state index in [1.807, 2.05) is 24.4 Å². The van der Waals surface area contributed by atoms with Gasteiger partial charge in [0.25, 0.3) is 5.91 Å². The lowest BCUT2D eigenvalue weighted by Crippen LogP contribution is -2.31. The van der Waals surface area contributed by atoms with E-state index in [4.69, 9.17) is 9.47 Å². The zero-order valence-corrected chi connectivity index (χ0v) is 15.6. The van der Waals surface area contributed by atoms with Gasteiger partial charge >= 0.3 is 0 Å². The fraction of sp³-hybridized carbons (Fsp3) is 0.444. The van der Waals surface area contributed by atoms with E-state index in [2.05, 4.69) is 31.1 Å². The molecule has 1 heterocycles. The third-order valence-electron chi connectivity index (χ3n) is 3.47. The van der Waals surface area contributed by atoms with Crippen LogP contribution in [0.4, 0.5) is 0 Å². The molecular weight excluding hydrogens is 324 g/mol. The van der Waals surface area contributed by atoms with Gasteiger partial charge in [0.1, 0.15) is 5.01 Å². The van der Waals surface area contributed by atoms with E-state index in [0.29, 0.717) is 11.5 Å². The lowest BCUT2D eigenvalue weighted by molar-refractivity contribution is -0.123. The molecule has 2 aromatic rings. The van der Waals surface area contributed by atoms with Gasteiger partial charge in [0.15, 0.2) is 18.1 Å². The molecule has 6 heteroatoms. The maximum absolute atomic E-state index is 12.1. The molecule has 24 heavy (non-hydrogen) atoms. The number of aromatic nitrogens is 1. The van der Waals surface area contributed by atoms with E-state index in [-0.39, 0.29) is 24.0 Å². The standard InChI is InChI=1S/C18H24N2O3S/c1-12(17-20-15(11-24-17)18(2,3)4)19-16(21)10-23-14-9-7-6-8-13(14)22-5/h6-9,11-12H,10H2,1-5H3,(H,19,21)/t12-/m1/s1. The van der Waals surface area contributed by atoms with Crippen molar-refractivity contribution in [2.75, 3.05) is 13.7 Å². The van der Waals surface area contributed by atoms with E-state index in [9.17, 15) is 4.79 Å². The molecule has 5 nitrogen and oxygen atoms in total. The Hall–Kier alpha value is -2.08. The van der Waals surface area contributed by atoms with Gasteiger partial charge in [-0.3, -0.25) is 4.79 Å². The Labute approximate surface area is 147 Å². The van der Waals surface area contributed by atoms with Gasteiger partial charge in [0.2, 0.25) is 0 Å². The Morgan fingerprint density at radius 1 is 1.29 bits per heavy atom. The minimum Gasteiger partial charge on any atom is -0.493 e. The van der Waals surface area contributed by atoms with Crippen molar-refractivity contribution in [3.63, 3.8) is 0 Å². The van der Waals surface area contributed by atoms with E-state index < -0.39 is 0 Å². The normalized spacial score (nSPS) is 12.5. The Morgan fingerprint density at radius 3 is 2.54 bits per heavy atom. The maximum Gasteiger partial charge on any atom is 0.258 e. The lowest BCUT2D eigenvalue weighted by Gasteiger charge is -2.15. The smallest absolute Gasteiger partial charge is 0.258 e. The van der Waals surface area contributed by atoms with E-state index >= 15 is 0 Å². The topological polar surface area (TPSA) is 60.5 Å². The fourth-order valence-electron chi connectivity index (χ4n) is 2.06. The van der Waals surface area contributed by atoms with E-state index in [1.165, 1.54) is 0 Å². The zero-order valence-electron chi connectivity index (χ0n) is 14.8. The highest BCUT2D eigenvalue weighted by atomic mass is 32.1. The Bertz CT molecular complexity index is 692. The van der Waals surface area contributed by atoms with Crippen molar-refractivity contribution in [1.29, 1.82) is 0 Å². The zero-order chi connectivity index (χ0) is 17.7. The van der Waals surface area contributed by atoms with E-state index in [1.54, 1.807) is 30.6 Å². The molecule has 0 saturated heterocycles. The number of carbonyl (C=O) groups excluding carboxylic acids is 1. The predicted molar refractivity (Wildman–Crippen MR) is 95.9 cm³/mol. The number of ether oxygens (including phenoxy) is 2. The number of rotatable bonds is 6. The first-order valence-corrected chi connectivity index (χ1v) is 8.70. The summed E-state index contributed by atoms with van der Waals surface area (Å²) in [5.41, 5.74) is 1.04. The number of hydrogen-bond donors (Lipinski definition) is 1. The van der Waals surface area contributed by atoms with Crippen LogP contribution < -0.4 is 14.8 Å². The van der Waals surface area contributed by atoms with Crippen LogP contribution in [-0.4, -0.2) is 24.6 Å². The summed E-state index contributed by atoms with van der Waals surface area (Å²) < 4.78 is 10.7. The largest absolute Gasteiger partial charge is 0.493 e. The van der Waals surface area contributed by atoms with Crippen molar-refractivity contribution in [1.82, 2.24) is 10.3 Å². The average Bonchev–Trinajstić information content (AvgIpc) is 3.03. The SMILES string of the molecule is COc1ccccc1OCC(=O)N[C@H](C)c1nc(C(C)(C)C)cs1. The first-order chi connectivity index (χ1) is 11.3. The number of thiazole rings is 1. The van der Waals surface area contributed by atoms with Crippen LogP contribution in [0, 0.1) is 0 Å². The summed E-state index contributed by atoms with van der Waals surface area (Å²) in [6.07, 6.45) is 0. The minimum absolute atomic E-state index is 0.00541. The Balaban J connectivity index is 1.91. The molecule has 0 radical (unpaired) electrons. The second kappa shape index (κ2) is 7.66. The van der Waals surface area contributed by atoms with Gasteiger partial charge in [0.05, 0.1) is 18.8 Å². The number of nitrogens with one attached hydrogen (secondary N) is 1. The third kappa shape index (κ3) is 4.71. The Kier molecular flexibility index (Phi) is 5.83. The van der Waals surface area contributed by atoms with E-state index in [0.717, 1.165) is 10.7 Å². The number of benzene rings is 1. The highest BCUT2D eigenvalue weighted by Gasteiger charge is 2.20. The quantitative estimate of drug-likeness (QED) is 0.864. The summed E-state index contributed by atoms with van der Waals surface area (Å²) in [4.78, 5) is 16.7. The number of carbonyl (C=O) groups is 1. The van der Waals surface area contributed by atoms with Crippen LogP contribution in [0.5, 0.6) is 11.5 Å². The molecule has 2 rings (SSSR count). The maximum atomic E-state index is 12.1. The fourth-order valence-corrected chi connectivity index (χ4v) is 3.11. The second-order valence-corrected chi connectivity index (χ2v) is 7.44. The molecule has 0 spiro atoms. The summed E-state index contributed by atoms with van der Waals surface area (Å²) in [5, 5.41) is 5.85. The van der Waals surface area contributed by atoms with Gasteiger partial charge in [-0.15, -0.1) is 11.3 Å². The lowest BCUT2D eigenvalue weighted by atomic mass is 9.93. The van der Waals surface area contributed by atoms with Crippen LogP contribution in [0.25, 0.3) is 0 Å². The highest BCUT2D eigenvalue weighted by Crippen LogP contribution is 2.27. The first-order valence-electron chi connectivity index (χ1n) is 7.82. The summed E-state index contributed by atoms with van der Waals surface area (Å²) in [5.74, 6) is 0.959. The molecule has 1 N–H and O–H groups in total.